The van der Waals surface area contributed by atoms with Crippen molar-refractivity contribution in [1.29, 1.82) is 0 Å². The summed E-state index contributed by atoms with van der Waals surface area (Å²) >= 11 is 0. The van der Waals surface area contributed by atoms with Crippen LogP contribution in [0.25, 0.3) is 0 Å². The number of carboxylic acids is 1. The number of anilines is 1. The van der Waals surface area contributed by atoms with Gasteiger partial charge >= 0.3 is 12.6 Å². The fourth-order valence-corrected chi connectivity index (χ4v) is 2.02. The molecule has 0 saturated carbocycles. The van der Waals surface area contributed by atoms with Crippen LogP contribution in [0.5, 0.6) is 11.5 Å². The molecule has 0 aliphatic heterocycles. The quantitative estimate of drug-likeness (QED) is 0.586. The number of alkyl halides is 2. The van der Waals surface area contributed by atoms with Gasteiger partial charge in [0, 0.05) is 5.56 Å². The monoisotopic (exact) mass is 350 g/mol. The summed E-state index contributed by atoms with van der Waals surface area (Å²) in [4.78, 5) is 10.9. The Morgan fingerprint density at radius 2 is 1.92 bits per heavy atom. The molecule has 0 bridgehead atoms. The third-order valence-corrected chi connectivity index (χ3v) is 3.26. The summed E-state index contributed by atoms with van der Waals surface area (Å²) in [5.74, 6) is -0.958. The summed E-state index contributed by atoms with van der Waals surface area (Å²) in [7, 11) is 1.35. The third kappa shape index (κ3) is 4.90. The Kier molecular flexibility index (Phi) is 5.89. The number of benzene rings is 2. The molecule has 0 aliphatic carbocycles. The van der Waals surface area contributed by atoms with E-state index < -0.39 is 12.6 Å². The maximum absolute atomic E-state index is 12.3. The molecule has 0 heterocycles. The number of carboxylic acid groups (broad SMARTS) is 1. The van der Waals surface area contributed by atoms with E-state index >= 15 is 0 Å². The molecule has 8 heteroatoms. The zero-order valence-electron chi connectivity index (χ0n) is 13.5. The smallest absolute Gasteiger partial charge is 0.387 e. The molecule has 2 aromatic carbocycles. The molecule has 2 aromatic rings. The summed E-state index contributed by atoms with van der Waals surface area (Å²) < 4.78 is 34.1. The number of methoxy groups -OCH3 is 1. The standard InChI is InChI=1S/C17H16F2N2O4/c1-10(20-21-13-5-3-4-12(8-13)16(22)23)11-6-7-14(25-17(18)19)15(9-11)24-2/h3-9,17,21H,1-2H3,(H,22,23)/b20-10+. The van der Waals surface area contributed by atoms with Gasteiger partial charge in [-0.2, -0.15) is 13.9 Å². The maximum Gasteiger partial charge on any atom is 0.387 e. The van der Waals surface area contributed by atoms with Gasteiger partial charge in [-0.3, -0.25) is 5.43 Å². The molecule has 25 heavy (non-hydrogen) atoms. The van der Waals surface area contributed by atoms with Gasteiger partial charge in [-0.15, -0.1) is 0 Å². The van der Waals surface area contributed by atoms with E-state index in [2.05, 4.69) is 15.3 Å². The number of halogens is 2. The first-order valence-corrected chi connectivity index (χ1v) is 7.17. The van der Waals surface area contributed by atoms with E-state index in [9.17, 15) is 13.6 Å². The lowest BCUT2D eigenvalue weighted by molar-refractivity contribution is -0.0512. The van der Waals surface area contributed by atoms with Crippen molar-refractivity contribution in [3.8, 4) is 11.5 Å². The molecule has 0 aromatic heterocycles. The van der Waals surface area contributed by atoms with Gasteiger partial charge in [-0.1, -0.05) is 6.07 Å². The van der Waals surface area contributed by atoms with Crippen molar-refractivity contribution in [2.45, 2.75) is 13.5 Å². The van der Waals surface area contributed by atoms with Crippen molar-refractivity contribution in [3.05, 3.63) is 53.6 Å². The number of nitrogens with one attached hydrogen (secondary N) is 1. The van der Waals surface area contributed by atoms with Crippen LogP contribution in [0.3, 0.4) is 0 Å². The zero-order chi connectivity index (χ0) is 18.4. The Hall–Kier alpha value is -3.16. The van der Waals surface area contributed by atoms with Gasteiger partial charge < -0.3 is 14.6 Å². The van der Waals surface area contributed by atoms with E-state index in [1.54, 1.807) is 25.1 Å². The number of ether oxygens (including phenoxy) is 2. The fourth-order valence-electron chi connectivity index (χ4n) is 2.02. The van der Waals surface area contributed by atoms with Crippen LogP contribution in [0.2, 0.25) is 0 Å². The molecular weight excluding hydrogens is 334 g/mol. The largest absolute Gasteiger partial charge is 0.493 e. The molecule has 6 nitrogen and oxygen atoms in total. The summed E-state index contributed by atoms with van der Waals surface area (Å²) in [6, 6.07) is 10.6. The number of rotatable bonds is 7. The number of hydrogen-bond donors (Lipinski definition) is 2. The van der Waals surface area contributed by atoms with Gasteiger partial charge in [0.1, 0.15) is 0 Å². The first-order chi connectivity index (χ1) is 11.9. The maximum atomic E-state index is 12.3. The Morgan fingerprint density at radius 1 is 1.16 bits per heavy atom. The molecular formula is C17H16F2N2O4. The van der Waals surface area contributed by atoms with Gasteiger partial charge in [-0.05, 0) is 43.3 Å². The average molecular weight is 350 g/mol. The lowest BCUT2D eigenvalue weighted by Gasteiger charge is -2.11. The Morgan fingerprint density at radius 3 is 2.56 bits per heavy atom. The zero-order valence-corrected chi connectivity index (χ0v) is 13.5. The topological polar surface area (TPSA) is 80.2 Å². The van der Waals surface area contributed by atoms with E-state index in [-0.39, 0.29) is 17.1 Å². The highest BCUT2D eigenvalue weighted by Gasteiger charge is 2.12. The number of carbonyl (C=O) groups is 1. The van der Waals surface area contributed by atoms with E-state index in [1.165, 1.54) is 31.4 Å². The van der Waals surface area contributed by atoms with Crippen LogP contribution < -0.4 is 14.9 Å². The first-order valence-electron chi connectivity index (χ1n) is 7.17. The lowest BCUT2D eigenvalue weighted by atomic mass is 10.1. The van der Waals surface area contributed by atoms with Gasteiger partial charge in [0.25, 0.3) is 0 Å². The molecule has 132 valence electrons. The minimum absolute atomic E-state index is 0.0730. The molecule has 0 spiro atoms. The first kappa shape index (κ1) is 18.2. The van der Waals surface area contributed by atoms with Crippen molar-refractivity contribution < 1.29 is 28.2 Å². The van der Waals surface area contributed by atoms with Gasteiger partial charge in [0.05, 0.1) is 24.1 Å². The second-order valence-electron chi connectivity index (χ2n) is 4.94. The molecule has 0 fully saturated rings. The van der Waals surface area contributed by atoms with Crippen LogP contribution in [0, 0.1) is 0 Å². The number of hydrogen-bond acceptors (Lipinski definition) is 5. The van der Waals surface area contributed by atoms with Crippen LogP contribution in [0.15, 0.2) is 47.6 Å². The number of hydrazone groups is 1. The van der Waals surface area contributed by atoms with Crippen LogP contribution in [-0.2, 0) is 0 Å². The summed E-state index contributed by atoms with van der Waals surface area (Å²) in [5, 5.41) is 13.1. The molecule has 0 atom stereocenters. The normalized spacial score (nSPS) is 11.3. The molecule has 0 unspecified atom stereocenters. The predicted octanol–water partition coefficient (Wildman–Crippen LogP) is 3.83. The van der Waals surface area contributed by atoms with E-state index in [4.69, 9.17) is 9.84 Å². The summed E-state index contributed by atoms with van der Waals surface area (Å²) in [6.45, 7) is -1.24. The molecule has 0 amide bonds. The average Bonchev–Trinajstić information content (AvgIpc) is 2.59. The lowest BCUT2D eigenvalue weighted by Crippen LogP contribution is -2.05. The molecule has 0 radical (unpaired) electrons. The molecule has 0 aliphatic rings. The Balaban J connectivity index is 2.19. The predicted molar refractivity (Wildman–Crippen MR) is 88.9 cm³/mol. The molecule has 0 saturated heterocycles. The van der Waals surface area contributed by atoms with Crippen molar-refractivity contribution in [2.24, 2.45) is 5.10 Å². The number of aromatic carboxylic acids is 1. The van der Waals surface area contributed by atoms with Crippen LogP contribution in [0.4, 0.5) is 14.5 Å². The minimum Gasteiger partial charge on any atom is -0.493 e. The van der Waals surface area contributed by atoms with Gasteiger partial charge in [0.15, 0.2) is 11.5 Å². The van der Waals surface area contributed by atoms with E-state index in [0.717, 1.165) is 0 Å². The summed E-state index contributed by atoms with van der Waals surface area (Å²) in [5.41, 5.74) is 4.56. The minimum atomic E-state index is -2.95. The number of nitrogens with zero attached hydrogens (tertiary/aromatic N) is 1. The van der Waals surface area contributed by atoms with Gasteiger partial charge in [-0.25, -0.2) is 4.79 Å². The SMILES string of the molecule is COc1cc(/C(C)=N/Nc2cccc(C(=O)O)c2)ccc1OC(F)F. The molecule has 2 N–H and O–H groups in total. The second kappa shape index (κ2) is 8.09. The highest BCUT2D eigenvalue weighted by Crippen LogP contribution is 2.29. The third-order valence-electron chi connectivity index (χ3n) is 3.26. The van der Waals surface area contributed by atoms with Crippen molar-refractivity contribution in [3.63, 3.8) is 0 Å². The highest BCUT2D eigenvalue weighted by molar-refractivity contribution is 5.99. The fraction of sp³-hybridized carbons (Fsp3) is 0.176. The van der Waals surface area contributed by atoms with Crippen molar-refractivity contribution in [1.82, 2.24) is 0 Å². The van der Waals surface area contributed by atoms with E-state index in [1.807, 2.05) is 0 Å². The van der Waals surface area contributed by atoms with E-state index in [0.29, 0.717) is 17.0 Å². The Bertz CT molecular complexity index is 794. The van der Waals surface area contributed by atoms with Gasteiger partial charge in [0.2, 0.25) is 0 Å². The van der Waals surface area contributed by atoms with Crippen LogP contribution in [0.1, 0.15) is 22.8 Å². The summed E-state index contributed by atoms with van der Waals surface area (Å²) in [6.07, 6.45) is 0. The van der Waals surface area contributed by atoms with Crippen LogP contribution in [-0.4, -0.2) is 30.5 Å². The highest BCUT2D eigenvalue weighted by atomic mass is 19.3. The molecule has 2 rings (SSSR count). The van der Waals surface area contributed by atoms with Crippen LogP contribution >= 0.6 is 0 Å². The second-order valence-corrected chi connectivity index (χ2v) is 4.94. The van der Waals surface area contributed by atoms with Crippen molar-refractivity contribution >= 4 is 17.4 Å². The Labute approximate surface area is 142 Å². The van der Waals surface area contributed by atoms with Crippen molar-refractivity contribution in [2.75, 3.05) is 12.5 Å².